The van der Waals surface area contributed by atoms with Crippen molar-refractivity contribution in [2.24, 2.45) is 0 Å². The number of carbonyl (C=O) groups excluding carboxylic acids is 1. The Bertz CT molecular complexity index is 601. The number of aryl methyl sites for hydroxylation is 1. The zero-order valence-corrected chi connectivity index (χ0v) is 11.4. The second-order valence-electron chi connectivity index (χ2n) is 4.57. The van der Waals surface area contributed by atoms with Crippen molar-refractivity contribution in [3.05, 3.63) is 58.3 Å². The first-order valence-corrected chi connectivity index (χ1v) is 7.33. The topological polar surface area (TPSA) is 20.3 Å². The van der Waals surface area contributed by atoms with Crippen LogP contribution in [-0.4, -0.2) is 12.5 Å². The first-order chi connectivity index (χ1) is 9.34. The van der Waals surface area contributed by atoms with Gasteiger partial charge in [0, 0.05) is 23.2 Å². The van der Waals surface area contributed by atoms with Crippen molar-refractivity contribution in [3.8, 4) is 0 Å². The van der Waals surface area contributed by atoms with Crippen molar-refractivity contribution in [1.29, 1.82) is 0 Å². The summed E-state index contributed by atoms with van der Waals surface area (Å²) in [5, 5.41) is 2.01. The molecule has 1 aromatic heterocycles. The average Bonchev–Trinajstić information content (AvgIpc) is 2.97. The van der Waals surface area contributed by atoms with Gasteiger partial charge in [-0.3, -0.25) is 4.79 Å². The summed E-state index contributed by atoms with van der Waals surface area (Å²) in [6, 6.07) is 12.2. The highest BCUT2D eigenvalue weighted by molar-refractivity contribution is 7.10. The Labute approximate surface area is 117 Å². The number of thiophene rings is 1. The standard InChI is InChI=1S/C16H15NOS/c18-16(10-9-14-7-4-12-19-14)17-11-3-6-13-5-1-2-8-15(13)17/h1-2,4-5,7-10,12H,3,6,11H2. The van der Waals surface area contributed by atoms with E-state index in [0.29, 0.717) is 0 Å². The highest BCUT2D eigenvalue weighted by atomic mass is 32.1. The summed E-state index contributed by atoms with van der Waals surface area (Å²) in [5.41, 5.74) is 2.33. The fraction of sp³-hybridized carbons (Fsp3) is 0.188. The van der Waals surface area contributed by atoms with Gasteiger partial charge in [-0.25, -0.2) is 0 Å². The molecule has 19 heavy (non-hydrogen) atoms. The predicted octanol–water partition coefficient (Wildman–Crippen LogP) is 3.74. The summed E-state index contributed by atoms with van der Waals surface area (Å²) in [6.07, 6.45) is 5.67. The van der Waals surface area contributed by atoms with E-state index >= 15 is 0 Å². The number of rotatable bonds is 2. The van der Waals surface area contributed by atoms with Gasteiger partial charge in [-0.1, -0.05) is 24.3 Å². The highest BCUT2D eigenvalue weighted by Crippen LogP contribution is 2.27. The quantitative estimate of drug-likeness (QED) is 0.761. The lowest BCUT2D eigenvalue weighted by Gasteiger charge is -2.28. The molecule has 0 saturated carbocycles. The van der Waals surface area contributed by atoms with E-state index in [-0.39, 0.29) is 5.91 Å². The van der Waals surface area contributed by atoms with Crippen molar-refractivity contribution < 1.29 is 4.79 Å². The van der Waals surface area contributed by atoms with Crippen molar-refractivity contribution in [2.45, 2.75) is 12.8 Å². The van der Waals surface area contributed by atoms with Gasteiger partial charge in [0.1, 0.15) is 0 Å². The van der Waals surface area contributed by atoms with Gasteiger partial charge in [0.15, 0.2) is 0 Å². The second kappa shape index (κ2) is 5.41. The van der Waals surface area contributed by atoms with E-state index in [0.717, 1.165) is 30.0 Å². The zero-order valence-electron chi connectivity index (χ0n) is 10.6. The van der Waals surface area contributed by atoms with E-state index in [1.54, 1.807) is 17.4 Å². The fourth-order valence-electron chi connectivity index (χ4n) is 2.39. The molecule has 3 rings (SSSR count). The molecule has 1 aromatic carbocycles. The smallest absolute Gasteiger partial charge is 0.251 e. The molecule has 96 valence electrons. The molecule has 0 atom stereocenters. The summed E-state index contributed by atoms with van der Waals surface area (Å²) in [4.78, 5) is 15.3. The van der Waals surface area contributed by atoms with Crippen LogP contribution in [0.4, 0.5) is 5.69 Å². The number of benzene rings is 1. The van der Waals surface area contributed by atoms with Crippen molar-refractivity contribution in [1.82, 2.24) is 0 Å². The van der Waals surface area contributed by atoms with Crippen molar-refractivity contribution in [2.75, 3.05) is 11.4 Å². The van der Waals surface area contributed by atoms with E-state index in [1.807, 2.05) is 46.7 Å². The van der Waals surface area contributed by atoms with Crippen molar-refractivity contribution in [3.63, 3.8) is 0 Å². The first kappa shape index (κ1) is 12.2. The van der Waals surface area contributed by atoms with Crippen LogP contribution in [-0.2, 0) is 11.2 Å². The average molecular weight is 269 g/mol. The fourth-order valence-corrected chi connectivity index (χ4v) is 3.01. The lowest BCUT2D eigenvalue weighted by atomic mass is 10.0. The summed E-state index contributed by atoms with van der Waals surface area (Å²) in [5.74, 6) is 0.0700. The van der Waals surface area contributed by atoms with Gasteiger partial charge in [-0.05, 0) is 42.0 Å². The molecular formula is C16H15NOS. The lowest BCUT2D eigenvalue weighted by Crippen LogP contribution is -2.34. The van der Waals surface area contributed by atoms with E-state index < -0.39 is 0 Å². The van der Waals surface area contributed by atoms with E-state index in [9.17, 15) is 4.79 Å². The lowest BCUT2D eigenvalue weighted by molar-refractivity contribution is -0.114. The molecule has 3 heteroatoms. The Morgan fingerprint density at radius 1 is 1.21 bits per heavy atom. The summed E-state index contributed by atoms with van der Waals surface area (Å²) in [6.45, 7) is 0.810. The van der Waals surface area contributed by atoms with Gasteiger partial charge in [0.05, 0.1) is 0 Å². The molecule has 2 heterocycles. The number of fused-ring (bicyclic) bond motifs is 1. The Balaban J connectivity index is 1.81. The Hall–Kier alpha value is -1.87. The van der Waals surface area contributed by atoms with Crippen LogP contribution in [0.25, 0.3) is 6.08 Å². The van der Waals surface area contributed by atoms with Gasteiger partial charge in [0.2, 0.25) is 0 Å². The highest BCUT2D eigenvalue weighted by Gasteiger charge is 2.20. The molecule has 0 spiro atoms. The third-order valence-corrected chi connectivity index (χ3v) is 4.15. The maximum absolute atomic E-state index is 12.3. The summed E-state index contributed by atoms with van der Waals surface area (Å²) in [7, 11) is 0. The maximum Gasteiger partial charge on any atom is 0.251 e. The largest absolute Gasteiger partial charge is 0.309 e. The van der Waals surface area contributed by atoms with Gasteiger partial charge >= 0.3 is 0 Å². The van der Waals surface area contributed by atoms with Crippen LogP contribution in [0.15, 0.2) is 47.9 Å². The minimum absolute atomic E-state index is 0.0700. The zero-order chi connectivity index (χ0) is 13.1. The summed E-state index contributed by atoms with van der Waals surface area (Å²) >= 11 is 1.64. The molecule has 0 unspecified atom stereocenters. The third-order valence-electron chi connectivity index (χ3n) is 3.31. The van der Waals surface area contributed by atoms with Gasteiger partial charge in [-0.2, -0.15) is 0 Å². The van der Waals surface area contributed by atoms with Crippen LogP contribution in [0, 0.1) is 0 Å². The van der Waals surface area contributed by atoms with E-state index in [2.05, 4.69) is 6.07 Å². The Morgan fingerprint density at radius 3 is 2.95 bits per heavy atom. The molecule has 0 saturated heterocycles. The number of anilines is 1. The molecule has 0 aliphatic carbocycles. The molecular weight excluding hydrogens is 254 g/mol. The Kier molecular flexibility index (Phi) is 3.47. The number of nitrogens with zero attached hydrogens (tertiary/aromatic N) is 1. The molecule has 0 fully saturated rings. The number of hydrogen-bond donors (Lipinski definition) is 0. The van der Waals surface area contributed by atoms with Crippen molar-refractivity contribution >= 4 is 29.0 Å². The molecule has 1 amide bonds. The van der Waals surface area contributed by atoms with Crippen LogP contribution < -0.4 is 4.90 Å². The molecule has 1 aliphatic heterocycles. The van der Waals surface area contributed by atoms with Gasteiger partial charge < -0.3 is 4.90 Å². The van der Waals surface area contributed by atoms with E-state index in [1.165, 1.54) is 5.56 Å². The maximum atomic E-state index is 12.3. The second-order valence-corrected chi connectivity index (χ2v) is 5.55. The molecule has 2 nitrogen and oxygen atoms in total. The minimum atomic E-state index is 0.0700. The number of para-hydroxylation sites is 1. The minimum Gasteiger partial charge on any atom is -0.309 e. The van der Waals surface area contributed by atoms with Gasteiger partial charge in [0.25, 0.3) is 5.91 Å². The first-order valence-electron chi connectivity index (χ1n) is 6.45. The Morgan fingerprint density at radius 2 is 2.11 bits per heavy atom. The monoisotopic (exact) mass is 269 g/mol. The van der Waals surface area contributed by atoms with Crippen LogP contribution in [0.3, 0.4) is 0 Å². The summed E-state index contributed by atoms with van der Waals surface area (Å²) < 4.78 is 0. The van der Waals surface area contributed by atoms with Crippen LogP contribution in [0.1, 0.15) is 16.9 Å². The molecule has 0 radical (unpaired) electrons. The molecule has 0 bridgehead atoms. The molecule has 0 N–H and O–H groups in total. The molecule has 1 aliphatic rings. The number of hydrogen-bond acceptors (Lipinski definition) is 2. The number of carbonyl (C=O) groups is 1. The van der Waals surface area contributed by atoms with E-state index in [4.69, 9.17) is 0 Å². The number of amides is 1. The molecule has 2 aromatic rings. The third kappa shape index (κ3) is 2.61. The van der Waals surface area contributed by atoms with Gasteiger partial charge in [-0.15, -0.1) is 11.3 Å². The normalized spacial score (nSPS) is 14.6. The predicted molar refractivity (Wildman–Crippen MR) is 80.5 cm³/mol. The van der Waals surface area contributed by atoms with Crippen LogP contribution in [0.5, 0.6) is 0 Å². The van der Waals surface area contributed by atoms with Crippen LogP contribution in [0.2, 0.25) is 0 Å². The SMILES string of the molecule is O=C(C=Cc1cccs1)N1CCCc2ccccc21. The van der Waals surface area contributed by atoms with Crippen LogP contribution >= 0.6 is 11.3 Å².